The van der Waals surface area contributed by atoms with E-state index in [4.69, 9.17) is 0 Å². The lowest BCUT2D eigenvalue weighted by Crippen LogP contribution is -2.29. The molecular weight excluding hydrogens is 208 g/mol. The van der Waals surface area contributed by atoms with Crippen LogP contribution in [0, 0.1) is 5.92 Å². The van der Waals surface area contributed by atoms with Gasteiger partial charge in [-0.1, -0.05) is 0 Å². The second-order valence-corrected chi connectivity index (χ2v) is 4.15. The number of aryl methyl sites for hydroxylation is 1. The first-order valence-electron chi connectivity index (χ1n) is 5.49. The molecule has 86 valence electrons. The molecule has 0 aromatic carbocycles. The quantitative estimate of drug-likeness (QED) is 0.799. The molecule has 0 radical (unpaired) electrons. The molecule has 5 nitrogen and oxygen atoms in total. The number of rotatable bonds is 3. The zero-order valence-electron chi connectivity index (χ0n) is 8.94. The number of carbonyl (C=O) groups excluding carboxylic acids is 1. The van der Waals surface area contributed by atoms with E-state index in [1.165, 1.54) is 16.8 Å². The average Bonchev–Trinajstić information content (AvgIpc) is 2.63. The van der Waals surface area contributed by atoms with Gasteiger partial charge in [0.15, 0.2) is 0 Å². The Labute approximate surface area is 92.1 Å². The van der Waals surface area contributed by atoms with E-state index in [0.29, 0.717) is 25.2 Å². The van der Waals surface area contributed by atoms with Crippen molar-refractivity contribution >= 4 is 5.78 Å². The van der Waals surface area contributed by atoms with Gasteiger partial charge in [-0.25, -0.2) is 4.79 Å². The third-order valence-electron chi connectivity index (χ3n) is 3.05. The summed E-state index contributed by atoms with van der Waals surface area (Å²) in [6, 6.07) is 1.32. The Hall–Kier alpha value is -1.65. The van der Waals surface area contributed by atoms with E-state index in [9.17, 15) is 14.4 Å². The largest absolute Gasteiger partial charge is 0.328 e. The zero-order chi connectivity index (χ0) is 11.5. The van der Waals surface area contributed by atoms with Crippen molar-refractivity contribution in [1.29, 1.82) is 0 Å². The van der Waals surface area contributed by atoms with Gasteiger partial charge in [-0.15, -0.1) is 0 Å². The SMILES string of the molecule is O=C1CCCC1CCn1ccc(=O)[nH]c1=O. The van der Waals surface area contributed by atoms with Crippen molar-refractivity contribution in [3.63, 3.8) is 0 Å². The first-order valence-corrected chi connectivity index (χ1v) is 5.49. The molecule has 0 saturated heterocycles. The van der Waals surface area contributed by atoms with Crippen molar-refractivity contribution in [2.45, 2.75) is 32.2 Å². The van der Waals surface area contributed by atoms with Crippen LogP contribution in [-0.4, -0.2) is 15.3 Å². The summed E-state index contributed by atoms with van der Waals surface area (Å²) in [4.78, 5) is 35.8. The second-order valence-electron chi connectivity index (χ2n) is 4.15. The number of carbonyl (C=O) groups is 1. The van der Waals surface area contributed by atoms with Crippen LogP contribution in [0.15, 0.2) is 21.9 Å². The summed E-state index contributed by atoms with van der Waals surface area (Å²) < 4.78 is 1.44. The number of ketones is 1. The maximum Gasteiger partial charge on any atom is 0.328 e. The first kappa shape index (κ1) is 10.9. The first-order chi connectivity index (χ1) is 7.66. The molecule has 0 bridgehead atoms. The number of H-pyrrole nitrogens is 1. The molecule has 1 heterocycles. The number of hydrogen-bond donors (Lipinski definition) is 1. The standard InChI is InChI=1S/C11H14N2O3/c14-9-3-1-2-8(9)4-6-13-7-5-10(15)12-11(13)16/h5,7-8H,1-4,6H2,(H,12,15,16). The molecule has 0 spiro atoms. The van der Waals surface area contributed by atoms with Crippen molar-refractivity contribution in [2.75, 3.05) is 0 Å². The highest BCUT2D eigenvalue weighted by atomic mass is 16.2. The van der Waals surface area contributed by atoms with Gasteiger partial charge in [-0.3, -0.25) is 14.6 Å². The summed E-state index contributed by atoms with van der Waals surface area (Å²) in [5.74, 6) is 0.399. The molecule has 1 aliphatic carbocycles. The summed E-state index contributed by atoms with van der Waals surface area (Å²) in [5, 5.41) is 0. The lowest BCUT2D eigenvalue weighted by atomic mass is 10.0. The molecule has 2 rings (SSSR count). The highest BCUT2D eigenvalue weighted by molar-refractivity contribution is 5.82. The molecule has 1 aliphatic rings. The van der Waals surface area contributed by atoms with Gasteiger partial charge in [-0.05, 0) is 19.3 Å². The molecule has 1 aromatic heterocycles. The van der Waals surface area contributed by atoms with Crippen molar-refractivity contribution in [3.8, 4) is 0 Å². The van der Waals surface area contributed by atoms with Gasteiger partial charge in [0, 0.05) is 31.1 Å². The van der Waals surface area contributed by atoms with Gasteiger partial charge in [0.2, 0.25) is 0 Å². The number of nitrogens with zero attached hydrogens (tertiary/aromatic N) is 1. The van der Waals surface area contributed by atoms with Crippen LogP contribution < -0.4 is 11.2 Å². The average molecular weight is 222 g/mol. The second kappa shape index (κ2) is 4.47. The minimum atomic E-state index is -0.405. The summed E-state index contributed by atoms with van der Waals surface area (Å²) in [7, 11) is 0. The monoisotopic (exact) mass is 222 g/mol. The molecule has 5 heteroatoms. The van der Waals surface area contributed by atoms with Gasteiger partial charge >= 0.3 is 5.69 Å². The molecule has 0 amide bonds. The Balaban J connectivity index is 2.02. The van der Waals surface area contributed by atoms with Gasteiger partial charge in [-0.2, -0.15) is 0 Å². The molecule has 1 N–H and O–H groups in total. The van der Waals surface area contributed by atoms with Crippen LogP contribution >= 0.6 is 0 Å². The summed E-state index contributed by atoms with van der Waals surface area (Å²) in [6.07, 6.45) is 4.72. The maximum atomic E-state index is 11.4. The van der Waals surface area contributed by atoms with E-state index in [1.807, 2.05) is 0 Å². The Bertz CT molecular complexity index is 500. The Kier molecular flexibility index (Phi) is 3.03. The van der Waals surface area contributed by atoms with E-state index in [1.54, 1.807) is 0 Å². The fraction of sp³-hybridized carbons (Fsp3) is 0.545. The van der Waals surface area contributed by atoms with Crippen molar-refractivity contribution in [1.82, 2.24) is 9.55 Å². The van der Waals surface area contributed by atoms with E-state index in [2.05, 4.69) is 4.98 Å². The van der Waals surface area contributed by atoms with Crippen LogP contribution in [0.1, 0.15) is 25.7 Å². The predicted molar refractivity (Wildman–Crippen MR) is 58.3 cm³/mol. The molecule has 1 unspecified atom stereocenters. The van der Waals surface area contributed by atoms with Gasteiger partial charge in [0.25, 0.3) is 5.56 Å². The molecule has 1 fully saturated rings. The maximum absolute atomic E-state index is 11.4. The van der Waals surface area contributed by atoms with Gasteiger partial charge in [0.1, 0.15) is 5.78 Å². The lowest BCUT2D eigenvalue weighted by molar-refractivity contribution is -0.120. The van der Waals surface area contributed by atoms with Crippen molar-refractivity contribution in [2.24, 2.45) is 5.92 Å². The minimum absolute atomic E-state index is 0.0961. The lowest BCUT2D eigenvalue weighted by Gasteiger charge is -2.08. The molecule has 1 aromatic rings. The van der Waals surface area contributed by atoms with Crippen molar-refractivity contribution in [3.05, 3.63) is 33.1 Å². The Morgan fingerprint density at radius 1 is 1.38 bits per heavy atom. The van der Waals surface area contributed by atoms with E-state index in [-0.39, 0.29) is 5.92 Å². The van der Waals surface area contributed by atoms with E-state index < -0.39 is 11.2 Å². The minimum Gasteiger partial charge on any atom is -0.301 e. The van der Waals surface area contributed by atoms with Crippen LogP contribution in [0.2, 0.25) is 0 Å². The number of nitrogens with one attached hydrogen (secondary N) is 1. The molecular formula is C11H14N2O3. The summed E-state index contributed by atoms with van der Waals surface area (Å²) in [5.41, 5.74) is -0.795. The van der Waals surface area contributed by atoms with Gasteiger partial charge < -0.3 is 4.57 Å². The third kappa shape index (κ3) is 2.29. The topological polar surface area (TPSA) is 71.9 Å². The fourth-order valence-electron chi connectivity index (χ4n) is 2.11. The molecule has 1 atom stereocenters. The number of hydrogen-bond acceptors (Lipinski definition) is 3. The predicted octanol–water partition coefficient (Wildman–Crippen LogP) is 0.296. The Morgan fingerprint density at radius 3 is 2.81 bits per heavy atom. The van der Waals surface area contributed by atoms with Crippen molar-refractivity contribution < 1.29 is 4.79 Å². The Morgan fingerprint density at radius 2 is 2.19 bits per heavy atom. The van der Waals surface area contributed by atoms with E-state index >= 15 is 0 Å². The molecule has 16 heavy (non-hydrogen) atoms. The molecule has 1 saturated carbocycles. The number of aromatic amines is 1. The number of Topliss-reactive ketones (excluding diaryl/α,β-unsaturated/α-hetero) is 1. The van der Waals surface area contributed by atoms with E-state index in [0.717, 1.165) is 12.8 Å². The third-order valence-corrected chi connectivity index (χ3v) is 3.05. The highest BCUT2D eigenvalue weighted by Gasteiger charge is 2.23. The zero-order valence-corrected chi connectivity index (χ0v) is 8.94. The van der Waals surface area contributed by atoms with Crippen LogP contribution in [0.5, 0.6) is 0 Å². The smallest absolute Gasteiger partial charge is 0.301 e. The molecule has 0 aliphatic heterocycles. The van der Waals surface area contributed by atoms with Crippen LogP contribution in [0.3, 0.4) is 0 Å². The van der Waals surface area contributed by atoms with Crippen LogP contribution in [-0.2, 0) is 11.3 Å². The summed E-state index contributed by atoms with van der Waals surface area (Å²) in [6.45, 7) is 0.492. The fourth-order valence-corrected chi connectivity index (χ4v) is 2.11. The van der Waals surface area contributed by atoms with Crippen LogP contribution in [0.4, 0.5) is 0 Å². The van der Waals surface area contributed by atoms with Gasteiger partial charge in [0.05, 0.1) is 0 Å². The summed E-state index contributed by atoms with van der Waals surface area (Å²) >= 11 is 0. The highest BCUT2D eigenvalue weighted by Crippen LogP contribution is 2.24. The number of aromatic nitrogens is 2. The van der Waals surface area contributed by atoms with Crippen LogP contribution in [0.25, 0.3) is 0 Å². The normalized spacial score (nSPS) is 20.2.